The number of Topliss-reactive ketones (excluding diaryl/α,β-unsaturated/α-hetero) is 1. The number of aromatic hydroxyl groups is 1. The van der Waals surface area contributed by atoms with Gasteiger partial charge in [-0.25, -0.2) is 4.79 Å². The standard InChI is InChI=1S/C14H16O4/c1-4-18-14(17)10(3)9(2)13(16)11-7-5-6-8-12(11)15/h5-9,15H,3-4H2,1-2H3. The van der Waals surface area contributed by atoms with Crippen LogP contribution in [0.5, 0.6) is 5.75 Å². The third kappa shape index (κ3) is 2.97. The van der Waals surface area contributed by atoms with E-state index in [0.717, 1.165) is 0 Å². The molecule has 0 aliphatic carbocycles. The van der Waals surface area contributed by atoms with Crippen molar-refractivity contribution < 1.29 is 19.4 Å². The van der Waals surface area contributed by atoms with Gasteiger partial charge in [0.25, 0.3) is 0 Å². The summed E-state index contributed by atoms with van der Waals surface area (Å²) in [6.07, 6.45) is 0. The van der Waals surface area contributed by atoms with E-state index in [-0.39, 0.29) is 29.3 Å². The predicted molar refractivity (Wildman–Crippen MR) is 67.4 cm³/mol. The fraction of sp³-hybridized carbons (Fsp3) is 0.286. The molecule has 4 heteroatoms. The average Bonchev–Trinajstić information content (AvgIpc) is 2.37. The number of carbonyl (C=O) groups excluding carboxylic acids is 2. The largest absolute Gasteiger partial charge is 0.507 e. The van der Waals surface area contributed by atoms with Crippen molar-refractivity contribution in [2.45, 2.75) is 13.8 Å². The summed E-state index contributed by atoms with van der Waals surface area (Å²) in [7, 11) is 0. The summed E-state index contributed by atoms with van der Waals surface area (Å²) in [6, 6.07) is 6.20. The normalized spacial score (nSPS) is 11.7. The van der Waals surface area contributed by atoms with E-state index >= 15 is 0 Å². The van der Waals surface area contributed by atoms with Gasteiger partial charge in [0.05, 0.1) is 18.1 Å². The molecule has 1 atom stereocenters. The third-order valence-electron chi connectivity index (χ3n) is 2.62. The number of phenols is 1. The van der Waals surface area contributed by atoms with Crippen molar-refractivity contribution in [1.29, 1.82) is 0 Å². The molecule has 18 heavy (non-hydrogen) atoms. The minimum absolute atomic E-state index is 0.0881. The molecule has 1 unspecified atom stereocenters. The van der Waals surface area contributed by atoms with Crippen molar-refractivity contribution in [2.24, 2.45) is 5.92 Å². The molecule has 0 aromatic heterocycles. The highest BCUT2D eigenvalue weighted by Gasteiger charge is 2.25. The number of para-hydroxylation sites is 1. The Bertz CT molecular complexity index is 476. The van der Waals surface area contributed by atoms with Crippen LogP contribution in [0.25, 0.3) is 0 Å². The second kappa shape index (κ2) is 6.00. The summed E-state index contributed by atoms with van der Waals surface area (Å²) < 4.78 is 4.79. The van der Waals surface area contributed by atoms with Gasteiger partial charge in [0.1, 0.15) is 5.75 Å². The molecule has 0 saturated heterocycles. The number of benzene rings is 1. The quantitative estimate of drug-likeness (QED) is 0.493. The highest BCUT2D eigenvalue weighted by atomic mass is 16.5. The Labute approximate surface area is 106 Å². The van der Waals surface area contributed by atoms with Crippen LogP contribution in [0.3, 0.4) is 0 Å². The molecule has 96 valence electrons. The Morgan fingerprint density at radius 2 is 2.00 bits per heavy atom. The van der Waals surface area contributed by atoms with Crippen LogP contribution in [0.4, 0.5) is 0 Å². The van der Waals surface area contributed by atoms with E-state index in [1.165, 1.54) is 12.1 Å². The van der Waals surface area contributed by atoms with Gasteiger partial charge in [-0.2, -0.15) is 0 Å². The van der Waals surface area contributed by atoms with Crippen molar-refractivity contribution in [3.63, 3.8) is 0 Å². The van der Waals surface area contributed by atoms with Gasteiger partial charge in [-0.05, 0) is 19.1 Å². The Balaban J connectivity index is 2.88. The molecule has 1 rings (SSSR count). The van der Waals surface area contributed by atoms with Crippen LogP contribution in [0, 0.1) is 5.92 Å². The zero-order chi connectivity index (χ0) is 13.7. The van der Waals surface area contributed by atoms with Crippen LogP contribution >= 0.6 is 0 Å². The van der Waals surface area contributed by atoms with Crippen molar-refractivity contribution in [3.05, 3.63) is 42.0 Å². The van der Waals surface area contributed by atoms with Crippen LogP contribution < -0.4 is 0 Å². The summed E-state index contributed by atoms with van der Waals surface area (Å²) >= 11 is 0. The molecule has 0 saturated carbocycles. The number of hydrogen-bond acceptors (Lipinski definition) is 4. The zero-order valence-corrected chi connectivity index (χ0v) is 10.5. The van der Waals surface area contributed by atoms with Gasteiger partial charge in [-0.3, -0.25) is 4.79 Å². The lowest BCUT2D eigenvalue weighted by Crippen LogP contribution is -2.20. The smallest absolute Gasteiger partial charge is 0.334 e. The molecule has 0 aliphatic heterocycles. The number of ketones is 1. The summed E-state index contributed by atoms with van der Waals surface area (Å²) in [5, 5.41) is 9.59. The first-order valence-corrected chi connectivity index (χ1v) is 5.67. The van der Waals surface area contributed by atoms with Crippen molar-refractivity contribution in [1.82, 2.24) is 0 Å². The first-order chi connectivity index (χ1) is 8.49. The zero-order valence-electron chi connectivity index (χ0n) is 10.5. The van der Waals surface area contributed by atoms with E-state index in [9.17, 15) is 14.7 Å². The van der Waals surface area contributed by atoms with Crippen LogP contribution in [-0.4, -0.2) is 23.5 Å². The molecule has 0 fully saturated rings. The van der Waals surface area contributed by atoms with Crippen LogP contribution in [0.1, 0.15) is 24.2 Å². The number of phenolic OH excluding ortho intramolecular Hbond substituents is 1. The minimum Gasteiger partial charge on any atom is -0.507 e. The van der Waals surface area contributed by atoms with Crippen LogP contribution in [0.15, 0.2) is 36.4 Å². The van der Waals surface area contributed by atoms with Gasteiger partial charge in [0.15, 0.2) is 5.78 Å². The summed E-state index contributed by atoms with van der Waals surface area (Å²) in [6.45, 7) is 7.05. The molecular weight excluding hydrogens is 232 g/mol. The van der Waals surface area contributed by atoms with Crippen molar-refractivity contribution >= 4 is 11.8 Å². The van der Waals surface area contributed by atoms with Gasteiger partial charge < -0.3 is 9.84 Å². The summed E-state index contributed by atoms with van der Waals surface area (Å²) in [4.78, 5) is 23.6. The number of hydrogen-bond donors (Lipinski definition) is 1. The lowest BCUT2D eigenvalue weighted by molar-refractivity contribution is -0.138. The minimum atomic E-state index is -0.725. The van der Waals surface area contributed by atoms with E-state index in [2.05, 4.69) is 6.58 Å². The van der Waals surface area contributed by atoms with E-state index in [0.29, 0.717) is 0 Å². The molecule has 0 radical (unpaired) electrons. The second-order valence-corrected chi connectivity index (χ2v) is 3.85. The SMILES string of the molecule is C=C(C(=O)OCC)C(C)C(=O)c1ccccc1O. The molecule has 0 bridgehead atoms. The maximum Gasteiger partial charge on any atom is 0.334 e. The molecule has 0 amide bonds. The van der Waals surface area contributed by atoms with Gasteiger partial charge >= 0.3 is 5.97 Å². The maximum absolute atomic E-state index is 12.1. The van der Waals surface area contributed by atoms with E-state index < -0.39 is 11.9 Å². The first kappa shape index (κ1) is 14.0. The molecular formula is C14H16O4. The highest BCUT2D eigenvalue weighted by Crippen LogP contribution is 2.23. The van der Waals surface area contributed by atoms with Gasteiger partial charge in [0.2, 0.25) is 0 Å². The van der Waals surface area contributed by atoms with Gasteiger partial charge in [-0.1, -0.05) is 25.6 Å². The predicted octanol–water partition coefficient (Wildman–Crippen LogP) is 2.33. The number of esters is 1. The van der Waals surface area contributed by atoms with E-state index in [1.807, 2.05) is 0 Å². The number of carbonyl (C=O) groups is 2. The fourth-order valence-corrected chi connectivity index (χ4v) is 1.47. The lowest BCUT2D eigenvalue weighted by Gasteiger charge is -2.13. The Morgan fingerprint density at radius 3 is 2.56 bits per heavy atom. The maximum atomic E-state index is 12.1. The Morgan fingerprint density at radius 1 is 1.39 bits per heavy atom. The van der Waals surface area contributed by atoms with Crippen LogP contribution in [0.2, 0.25) is 0 Å². The number of rotatable bonds is 5. The molecule has 0 aliphatic rings. The topological polar surface area (TPSA) is 63.6 Å². The first-order valence-electron chi connectivity index (χ1n) is 5.67. The second-order valence-electron chi connectivity index (χ2n) is 3.85. The molecule has 1 aromatic rings. The Hall–Kier alpha value is -2.10. The Kier molecular flexibility index (Phi) is 4.66. The monoisotopic (exact) mass is 248 g/mol. The molecule has 0 spiro atoms. The van der Waals surface area contributed by atoms with E-state index in [1.54, 1.807) is 26.0 Å². The molecule has 1 aromatic carbocycles. The molecule has 4 nitrogen and oxygen atoms in total. The lowest BCUT2D eigenvalue weighted by atomic mass is 9.92. The molecule has 0 heterocycles. The fourth-order valence-electron chi connectivity index (χ4n) is 1.47. The van der Waals surface area contributed by atoms with E-state index in [4.69, 9.17) is 4.74 Å². The highest BCUT2D eigenvalue weighted by molar-refractivity contribution is 6.06. The summed E-state index contributed by atoms with van der Waals surface area (Å²) in [5.41, 5.74) is 0.264. The van der Waals surface area contributed by atoms with Crippen LogP contribution in [-0.2, 0) is 9.53 Å². The summed E-state index contributed by atoms with van der Waals surface area (Å²) in [5.74, 6) is -1.77. The van der Waals surface area contributed by atoms with Crippen molar-refractivity contribution in [2.75, 3.05) is 6.61 Å². The average molecular weight is 248 g/mol. The van der Waals surface area contributed by atoms with Gasteiger partial charge in [-0.15, -0.1) is 0 Å². The molecule has 1 N–H and O–H groups in total. The number of ether oxygens (including phenoxy) is 1. The third-order valence-corrected chi connectivity index (χ3v) is 2.62. The van der Waals surface area contributed by atoms with Crippen molar-refractivity contribution in [3.8, 4) is 5.75 Å². The van der Waals surface area contributed by atoms with Gasteiger partial charge in [0, 0.05) is 5.57 Å².